The zero-order valence-corrected chi connectivity index (χ0v) is 21.6. The number of hydrogen-bond acceptors (Lipinski definition) is 7. The maximum atomic E-state index is 13.2. The second kappa shape index (κ2) is 11.2. The topological polar surface area (TPSA) is 108 Å². The second-order valence-electron chi connectivity index (χ2n) is 8.83. The first-order valence-electron chi connectivity index (χ1n) is 12.3. The zero-order chi connectivity index (χ0) is 26.6. The molecule has 1 saturated heterocycles. The molecule has 0 aromatic heterocycles. The van der Waals surface area contributed by atoms with Crippen molar-refractivity contribution in [2.75, 3.05) is 19.7 Å². The summed E-state index contributed by atoms with van der Waals surface area (Å²) in [4.78, 5) is 31.2. The van der Waals surface area contributed by atoms with Gasteiger partial charge in [-0.2, -0.15) is 15.1 Å². The average molecular weight is 536 g/mol. The lowest BCUT2D eigenvalue weighted by molar-refractivity contribution is -0.128. The Bertz CT molecular complexity index is 1370. The highest BCUT2D eigenvalue weighted by Gasteiger charge is 2.36. The molecule has 0 aliphatic carbocycles. The first-order valence-corrected chi connectivity index (χ1v) is 13.1. The molecule has 196 valence electrons. The van der Waals surface area contributed by atoms with Gasteiger partial charge in [-0.25, -0.2) is 4.39 Å². The van der Waals surface area contributed by atoms with Crippen LogP contribution in [0.1, 0.15) is 37.3 Å². The lowest BCUT2D eigenvalue weighted by atomic mass is 10.1. The number of carbonyl (C=O) groups is 2. The SMILES string of the molecule is CCOc1cc(C=C2C(=N)N3N=C(CC(=O)N4CCCC4)SC3=NC2=O)ccc1OCc1ccc(F)cc1. The number of hydrogen-bond donors (Lipinski definition) is 1. The third kappa shape index (κ3) is 5.62. The summed E-state index contributed by atoms with van der Waals surface area (Å²) in [7, 11) is 0. The van der Waals surface area contributed by atoms with Gasteiger partial charge in [-0.05, 0) is 73.0 Å². The lowest BCUT2D eigenvalue weighted by Crippen LogP contribution is -2.35. The van der Waals surface area contributed by atoms with Gasteiger partial charge in [-0.15, -0.1) is 0 Å². The fourth-order valence-electron chi connectivity index (χ4n) is 4.22. The molecule has 0 unspecified atom stereocenters. The number of thioether (sulfide) groups is 1. The summed E-state index contributed by atoms with van der Waals surface area (Å²) in [5, 5.41) is 15.1. The summed E-state index contributed by atoms with van der Waals surface area (Å²) >= 11 is 1.15. The molecule has 1 fully saturated rings. The van der Waals surface area contributed by atoms with E-state index in [1.165, 1.54) is 17.1 Å². The molecule has 3 aliphatic rings. The fourth-order valence-corrected chi connectivity index (χ4v) is 5.10. The van der Waals surface area contributed by atoms with Crippen molar-refractivity contribution in [1.29, 1.82) is 5.41 Å². The quantitative estimate of drug-likeness (QED) is 0.501. The van der Waals surface area contributed by atoms with Crippen LogP contribution < -0.4 is 9.47 Å². The van der Waals surface area contributed by atoms with E-state index >= 15 is 0 Å². The number of nitrogens with one attached hydrogen (secondary N) is 1. The summed E-state index contributed by atoms with van der Waals surface area (Å²) < 4.78 is 24.8. The van der Waals surface area contributed by atoms with Crippen LogP contribution in [0.5, 0.6) is 11.5 Å². The van der Waals surface area contributed by atoms with Crippen molar-refractivity contribution in [1.82, 2.24) is 9.91 Å². The van der Waals surface area contributed by atoms with Crippen LogP contribution in [0.4, 0.5) is 4.39 Å². The molecule has 9 nitrogen and oxygen atoms in total. The molecule has 2 aromatic carbocycles. The van der Waals surface area contributed by atoms with E-state index in [9.17, 15) is 14.0 Å². The molecule has 2 aromatic rings. The van der Waals surface area contributed by atoms with Gasteiger partial charge in [-0.1, -0.05) is 18.2 Å². The summed E-state index contributed by atoms with van der Waals surface area (Å²) in [6.45, 7) is 3.98. The largest absolute Gasteiger partial charge is 0.490 e. The number of amides is 2. The van der Waals surface area contributed by atoms with Crippen LogP contribution in [0, 0.1) is 11.2 Å². The minimum Gasteiger partial charge on any atom is -0.490 e. The van der Waals surface area contributed by atoms with E-state index in [2.05, 4.69) is 10.1 Å². The molecule has 3 heterocycles. The van der Waals surface area contributed by atoms with Gasteiger partial charge in [0.25, 0.3) is 5.91 Å². The number of aliphatic imine (C=N–C) groups is 1. The first kappa shape index (κ1) is 25.7. The molecule has 0 atom stereocenters. The number of halogens is 1. The third-order valence-electron chi connectivity index (χ3n) is 6.14. The summed E-state index contributed by atoms with van der Waals surface area (Å²) in [5.41, 5.74) is 1.50. The minimum atomic E-state index is -0.550. The third-order valence-corrected chi connectivity index (χ3v) is 7.05. The highest BCUT2D eigenvalue weighted by molar-refractivity contribution is 8.27. The van der Waals surface area contributed by atoms with E-state index in [4.69, 9.17) is 14.9 Å². The van der Waals surface area contributed by atoms with Crippen LogP contribution in [-0.4, -0.2) is 57.5 Å². The lowest BCUT2D eigenvalue weighted by Gasteiger charge is -2.20. The van der Waals surface area contributed by atoms with Gasteiger partial charge in [0.05, 0.1) is 18.6 Å². The Hall–Kier alpha value is -3.99. The molecule has 3 aliphatic heterocycles. The van der Waals surface area contributed by atoms with E-state index < -0.39 is 5.91 Å². The number of nitrogens with zero attached hydrogens (tertiary/aromatic N) is 4. The van der Waals surface area contributed by atoms with Gasteiger partial charge in [0.15, 0.2) is 17.3 Å². The van der Waals surface area contributed by atoms with Crippen LogP contribution in [0.3, 0.4) is 0 Å². The molecule has 1 N–H and O–H groups in total. The predicted octanol–water partition coefficient (Wildman–Crippen LogP) is 4.44. The maximum Gasteiger partial charge on any atom is 0.283 e. The number of rotatable bonds is 8. The second-order valence-corrected chi connectivity index (χ2v) is 9.87. The van der Waals surface area contributed by atoms with Gasteiger partial charge in [0, 0.05) is 13.1 Å². The Morgan fingerprint density at radius 2 is 1.89 bits per heavy atom. The molecule has 38 heavy (non-hydrogen) atoms. The van der Waals surface area contributed by atoms with Gasteiger partial charge in [0.2, 0.25) is 11.1 Å². The molecule has 2 amide bonds. The van der Waals surface area contributed by atoms with Crippen molar-refractivity contribution in [2.45, 2.75) is 32.8 Å². The highest BCUT2D eigenvalue weighted by Crippen LogP contribution is 2.33. The van der Waals surface area contributed by atoms with Crippen LogP contribution >= 0.6 is 11.8 Å². The summed E-state index contributed by atoms with van der Waals surface area (Å²) in [5.74, 6) is -0.00763. The maximum absolute atomic E-state index is 13.2. The van der Waals surface area contributed by atoms with E-state index in [1.54, 1.807) is 36.4 Å². The van der Waals surface area contributed by atoms with Crippen molar-refractivity contribution in [3.63, 3.8) is 0 Å². The number of amidine groups is 2. The standard InChI is InChI=1S/C27H26FN5O4S/c1-2-36-22-14-18(7-10-21(22)37-16-17-5-8-19(28)9-6-17)13-20-25(29)33-27(30-26(20)35)38-23(31-33)15-24(34)32-11-3-4-12-32/h5-10,13-14,29H,2-4,11-12,15-16H2,1H3. The average Bonchev–Trinajstić information content (AvgIpc) is 3.58. The van der Waals surface area contributed by atoms with Crippen LogP contribution in [0.25, 0.3) is 6.08 Å². The number of ether oxygens (including phenoxy) is 2. The normalized spacial score (nSPS) is 18.0. The number of likely N-dealkylation sites (tertiary alicyclic amines) is 1. The summed E-state index contributed by atoms with van der Waals surface area (Å²) in [6, 6.07) is 11.2. The van der Waals surface area contributed by atoms with E-state index in [-0.39, 0.29) is 41.3 Å². The van der Waals surface area contributed by atoms with Gasteiger partial charge in [0.1, 0.15) is 17.5 Å². The van der Waals surface area contributed by atoms with Crippen molar-refractivity contribution in [2.24, 2.45) is 10.1 Å². The molecule has 0 radical (unpaired) electrons. The molecule has 11 heteroatoms. The number of carbonyl (C=O) groups excluding carboxylic acids is 2. The first-order chi connectivity index (χ1) is 18.4. The van der Waals surface area contributed by atoms with Crippen LogP contribution in [0.15, 0.2) is 58.1 Å². The monoisotopic (exact) mass is 535 g/mol. The molecule has 0 spiro atoms. The van der Waals surface area contributed by atoms with Crippen molar-refractivity contribution >= 4 is 45.7 Å². The Balaban J connectivity index is 1.32. The predicted molar refractivity (Wildman–Crippen MR) is 144 cm³/mol. The van der Waals surface area contributed by atoms with E-state index in [1.807, 2.05) is 11.8 Å². The smallest absolute Gasteiger partial charge is 0.283 e. The Labute approximate surface area is 223 Å². The van der Waals surface area contributed by atoms with Crippen molar-refractivity contribution in [3.8, 4) is 11.5 Å². The van der Waals surface area contributed by atoms with Crippen molar-refractivity contribution < 1.29 is 23.5 Å². The van der Waals surface area contributed by atoms with Gasteiger partial charge in [-0.3, -0.25) is 15.0 Å². The molecule has 5 rings (SSSR count). The van der Waals surface area contributed by atoms with Crippen LogP contribution in [0.2, 0.25) is 0 Å². The van der Waals surface area contributed by atoms with Crippen LogP contribution in [-0.2, 0) is 16.2 Å². The Kier molecular flexibility index (Phi) is 7.54. The van der Waals surface area contributed by atoms with E-state index in [0.717, 1.165) is 43.3 Å². The fraction of sp³-hybridized carbons (Fsp3) is 0.296. The minimum absolute atomic E-state index is 0.00647. The highest BCUT2D eigenvalue weighted by atomic mass is 32.2. The number of hydrazone groups is 1. The Morgan fingerprint density at radius 3 is 2.63 bits per heavy atom. The number of benzene rings is 2. The van der Waals surface area contributed by atoms with Gasteiger partial charge >= 0.3 is 0 Å². The molecular formula is C27H26FN5O4S. The number of fused-ring (bicyclic) bond motifs is 1. The zero-order valence-electron chi connectivity index (χ0n) is 20.8. The van der Waals surface area contributed by atoms with Crippen molar-refractivity contribution in [3.05, 3.63) is 65.0 Å². The molecule has 0 saturated carbocycles. The van der Waals surface area contributed by atoms with Gasteiger partial charge < -0.3 is 14.4 Å². The van der Waals surface area contributed by atoms with E-state index in [0.29, 0.717) is 28.7 Å². The summed E-state index contributed by atoms with van der Waals surface area (Å²) in [6.07, 6.45) is 3.69. The molecular weight excluding hydrogens is 509 g/mol. The Morgan fingerprint density at radius 1 is 1.13 bits per heavy atom. The molecule has 0 bridgehead atoms.